The summed E-state index contributed by atoms with van der Waals surface area (Å²) in [4.78, 5) is 15.5. The van der Waals surface area contributed by atoms with E-state index in [9.17, 15) is 9.18 Å². The van der Waals surface area contributed by atoms with E-state index in [4.69, 9.17) is 4.74 Å². The van der Waals surface area contributed by atoms with E-state index in [1.165, 1.54) is 17.4 Å². The van der Waals surface area contributed by atoms with Gasteiger partial charge < -0.3 is 10.1 Å². The van der Waals surface area contributed by atoms with E-state index < -0.39 is 5.97 Å². The fraction of sp³-hybridized carbons (Fsp3) is 0.167. The van der Waals surface area contributed by atoms with Crippen LogP contribution in [0.3, 0.4) is 0 Å². The average molecular weight is 345 g/mol. The maximum absolute atomic E-state index is 13.3. The zero-order valence-electron chi connectivity index (χ0n) is 9.94. The van der Waals surface area contributed by atoms with Crippen LogP contribution in [0.1, 0.15) is 17.4 Å². The summed E-state index contributed by atoms with van der Waals surface area (Å²) in [5.41, 5.74) is 0.803. The molecule has 0 spiro atoms. The number of anilines is 2. The second-order valence-electron chi connectivity index (χ2n) is 3.51. The molecule has 0 fully saturated rings. The molecule has 100 valence electrons. The van der Waals surface area contributed by atoms with Gasteiger partial charge in [-0.05, 0) is 41.1 Å². The topological polar surface area (TPSA) is 51.2 Å². The van der Waals surface area contributed by atoms with Gasteiger partial charge in [-0.1, -0.05) is 0 Å². The summed E-state index contributed by atoms with van der Waals surface area (Å²) < 4.78 is 18.6. The van der Waals surface area contributed by atoms with Crippen molar-refractivity contribution in [3.63, 3.8) is 0 Å². The maximum atomic E-state index is 13.3. The average Bonchev–Trinajstić information content (AvgIpc) is 2.83. The van der Waals surface area contributed by atoms with Gasteiger partial charge in [-0.3, -0.25) is 0 Å². The molecule has 0 atom stereocenters. The zero-order chi connectivity index (χ0) is 13.8. The normalized spacial score (nSPS) is 10.3. The van der Waals surface area contributed by atoms with E-state index >= 15 is 0 Å². The predicted octanol–water partition coefficient (Wildman–Crippen LogP) is 3.97. The number of hydrogen-bond donors (Lipinski definition) is 1. The van der Waals surface area contributed by atoms with Crippen LogP contribution in [0.5, 0.6) is 0 Å². The fourth-order valence-corrected chi connectivity index (χ4v) is 2.27. The van der Waals surface area contributed by atoms with Crippen LogP contribution >= 0.6 is 27.3 Å². The van der Waals surface area contributed by atoms with Crippen LogP contribution in [-0.2, 0) is 4.74 Å². The molecule has 0 saturated heterocycles. The molecule has 0 aliphatic carbocycles. The van der Waals surface area contributed by atoms with Crippen molar-refractivity contribution < 1.29 is 13.9 Å². The van der Waals surface area contributed by atoms with E-state index in [1.807, 2.05) is 0 Å². The summed E-state index contributed by atoms with van der Waals surface area (Å²) in [6.45, 7) is 2.03. The third kappa shape index (κ3) is 3.51. The van der Waals surface area contributed by atoms with Crippen molar-refractivity contribution in [1.29, 1.82) is 0 Å². The first-order valence-electron chi connectivity index (χ1n) is 5.45. The van der Waals surface area contributed by atoms with Gasteiger partial charge in [0.25, 0.3) is 0 Å². The first-order chi connectivity index (χ1) is 9.10. The van der Waals surface area contributed by atoms with Crippen molar-refractivity contribution in [3.05, 3.63) is 39.6 Å². The number of nitrogens with zero attached hydrogens (tertiary/aromatic N) is 1. The van der Waals surface area contributed by atoms with Crippen LogP contribution in [0.2, 0.25) is 0 Å². The Morgan fingerprint density at radius 2 is 2.37 bits per heavy atom. The number of ether oxygens (including phenoxy) is 1. The molecule has 1 aromatic carbocycles. The maximum Gasteiger partial charge on any atom is 0.357 e. The minimum absolute atomic E-state index is 0.243. The van der Waals surface area contributed by atoms with Crippen LogP contribution in [0, 0.1) is 5.82 Å². The summed E-state index contributed by atoms with van der Waals surface area (Å²) >= 11 is 4.33. The van der Waals surface area contributed by atoms with E-state index in [2.05, 4.69) is 26.2 Å². The smallest absolute Gasteiger partial charge is 0.357 e. The molecule has 1 heterocycles. The number of nitrogens with one attached hydrogen (secondary N) is 1. The molecular weight excluding hydrogens is 335 g/mol. The Labute approximate surface area is 121 Å². The van der Waals surface area contributed by atoms with Crippen LogP contribution in [0.25, 0.3) is 0 Å². The number of carbonyl (C=O) groups excluding carboxylic acids is 1. The lowest BCUT2D eigenvalue weighted by Crippen LogP contribution is -2.05. The van der Waals surface area contributed by atoms with Gasteiger partial charge in [0.15, 0.2) is 10.8 Å². The van der Waals surface area contributed by atoms with Crippen molar-refractivity contribution in [1.82, 2.24) is 4.98 Å². The Hall–Kier alpha value is -1.47. The van der Waals surface area contributed by atoms with Crippen molar-refractivity contribution in [2.24, 2.45) is 0 Å². The summed E-state index contributed by atoms with van der Waals surface area (Å²) in [7, 11) is 0. The first-order valence-corrected chi connectivity index (χ1v) is 7.12. The lowest BCUT2D eigenvalue weighted by Gasteiger charge is -2.03. The Kier molecular flexibility index (Phi) is 4.49. The molecule has 0 radical (unpaired) electrons. The SMILES string of the molecule is CCOC(=O)c1csc(Nc2ccc(Br)c(F)c2)n1. The fourth-order valence-electron chi connectivity index (χ4n) is 1.33. The molecule has 0 saturated carbocycles. The molecule has 2 aromatic rings. The second-order valence-corrected chi connectivity index (χ2v) is 5.22. The number of thiazole rings is 1. The minimum atomic E-state index is -0.464. The molecule has 2 rings (SSSR count). The monoisotopic (exact) mass is 344 g/mol. The number of rotatable bonds is 4. The molecule has 0 amide bonds. The summed E-state index contributed by atoms with van der Waals surface area (Å²) in [6, 6.07) is 4.64. The first kappa shape index (κ1) is 14.0. The Bertz CT molecular complexity index is 603. The lowest BCUT2D eigenvalue weighted by atomic mass is 10.3. The summed E-state index contributed by atoms with van der Waals surface area (Å²) in [6.07, 6.45) is 0. The van der Waals surface area contributed by atoms with Gasteiger partial charge in [0.2, 0.25) is 0 Å². The molecule has 19 heavy (non-hydrogen) atoms. The molecular formula is C12H10BrFN2O2S. The van der Waals surface area contributed by atoms with E-state index in [-0.39, 0.29) is 11.5 Å². The quantitative estimate of drug-likeness (QED) is 0.852. The number of halogens is 2. The van der Waals surface area contributed by atoms with Crippen LogP contribution in [0.4, 0.5) is 15.2 Å². The number of benzene rings is 1. The molecule has 1 aromatic heterocycles. The Morgan fingerprint density at radius 3 is 3.05 bits per heavy atom. The largest absolute Gasteiger partial charge is 0.461 e. The zero-order valence-corrected chi connectivity index (χ0v) is 12.3. The minimum Gasteiger partial charge on any atom is -0.461 e. The Balaban J connectivity index is 2.11. The second kappa shape index (κ2) is 6.12. The van der Waals surface area contributed by atoms with Gasteiger partial charge in [-0.15, -0.1) is 11.3 Å². The van der Waals surface area contributed by atoms with Crippen molar-refractivity contribution in [3.8, 4) is 0 Å². The van der Waals surface area contributed by atoms with Gasteiger partial charge in [0.1, 0.15) is 5.82 Å². The van der Waals surface area contributed by atoms with E-state index in [1.54, 1.807) is 24.4 Å². The lowest BCUT2D eigenvalue weighted by molar-refractivity contribution is 0.0520. The van der Waals surface area contributed by atoms with Crippen molar-refractivity contribution >= 4 is 44.1 Å². The van der Waals surface area contributed by atoms with E-state index in [0.29, 0.717) is 21.9 Å². The number of carbonyl (C=O) groups is 1. The number of hydrogen-bond acceptors (Lipinski definition) is 5. The van der Waals surface area contributed by atoms with Gasteiger partial charge >= 0.3 is 5.97 Å². The molecule has 0 unspecified atom stereocenters. The predicted molar refractivity (Wildman–Crippen MR) is 75.5 cm³/mol. The highest BCUT2D eigenvalue weighted by Gasteiger charge is 2.11. The number of esters is 1. The highest BCUT2D eigenvalue weighted by molar-refractivity contribution is 9.10. The number of aromatic nitrogens is 1. The van der Waals surface area contributed by atoms with Crippen molar-refractivity contribution in [2.45, 2.75) is 6.92 Å². The standard InChI is InChI=1S/C12H10BrFN2O2S/c1-2-18-11(17)10-6-19-12(16-10)15-7-3-4-8(13)9(14)5-7/h3-6H,2H2,1H3,(H,15,16). The van der Waals surface area contributed by atoms with Gasteiger partial charge in [0.05, 0.1) is 11.1 Å². The van der Waals surface area contributed by atoms with E-state index in [0.717, 1.165) is 0 Å². The van der Waals surface area contributed by atoms with Gasteiger partial charge in [0, 0.05) is 11.1 Å². The molecule has 1 N–H and O–H groups in total. The van der Waals surface area contributed by atoms with Crippen LogP contribution in [0.15, 0.2) is 28.1 Å². The third-order valence-electron chi connectivity index (χ3n) is 2.16. The molecule has 0 aliphatic heterocycles. The highest BCUT2D eigenvalue weighted by atomic mass is 79.9. The summed E-state index contributed by atoms with van der Waals surface area (Å²) in [5.74, 6) is -0.832. The van der Waals surface area contributed by atoms with Gasteiger partial charge in [-0.25, -0.2) is 14.2 Å². The van der Waals surface area contributed by atoms with Crippen LogP contribution in [-0.4, -0.2) is 17.6 Å². The molecule has 4 nitrogen and oxygen atoms in total. The molecule has 0 bridgehead atoms. The Morgan fingerprint density at radius 1 is 1.58 bits per heavy atom. The van der Waals surface area contributed by atoms with Crippen molar-refractivity contribution in [2.75, 3.05) is 11.9 Å². The molecule has 7 heteroatoms. The highest BCUT2D eigenvalue weighted by Crippen LogP contribution is 2.24. The van der Waals surface area contributed by atoms with Crippen LogP contribution < -0.4 is 5.32 Å². The third-order valence-corrected chi connectivity index (χ3v) is 3.56. The molecule has 0 aliphatic rings. The summed E-state index contributed by atoms with van der Waals surface area (Å²) in [5, 5.41) is 5.03. The van der Waals surface area contributed by atoms with Gasteiger partial charge in [-0.2, -0.15) is 0 Å².